The normalized spacial score (nSPS) is 23.6. The number of aromatic nitrogens is 2. The van der Waals surface area contributed by atoms with Crippen molar-refractivity contribution in [3.05, 3.63) is 23.8 Å². The molecule has 1 aliphatic carbocycles. The lowest BCUT2D eigenvalue weighted by Crippen LogP contribution is -2.63. The Labute approximate surface area is 159 Å². The van der Waals surface area contributed by atoms with Crippen LogP contribution < -0.4 is 10.6 Å². The van der Waals surface area contributed by atoms with Gasteiger partial charge in [-0.15, -0.1) is 0 Å². The Hall–Kier alpha value is -2.59. The number of carbonyl (C=O) groups excluding carboxylic acids is 1. The number of carbonyl (C=O) groups is 1. The zero-order chi connectivity index (χ0) is 18.8. The van der Waals surface area contributed by atoms with Crippen molar-refractivity contribution < 1.29 is 4.79 Å². The molecule has 27 heavy (non-hydrogen) atoms. The van der Waals surface area contributed by atoms with E-state index in [1.165, 1.54) is 0 Å². The summed E-state index contributed by atoms with van der Waals surface area (Å²) in [6.07, 6.45) is 4.23. The highest BCUT2D eigenvalue weighted by molar-refractivity contribution is 5.92. The number of nitriles is 1. The highest BCUT2D eigenvalue weighted by Crippen LogP contribution is 2.29. The van der Waals surface area contributed by atoms with Crippen LogP contribution in [0.1, 0.15) is 31.2 Å². The molecule has 4 rings (SSSR count). The first kappa shape index (κ1) is 17.8. The molecule has 0 radical (unpaired) electrons. The van der Waals surface area contributed by atoms with Gasteiger partial charge in [0.2, 0.25) is 5.91 Å². The number of H-pyrrole nitrogens is 1. The highest BCUT2D eigenvalue weighted by Gasteiger charge is 2.35. The first-order valence-electron chi connectivity index (χ1n) is 9.74. The third-order valence-electron chi connectivity index (χ3n) is 5.81. The first-order valence-corrected chi connectivity index (χ1v) is 9.74. The number of likely N-dealkylation sites (tertiary alicyclic amines) is 1. The van der Waals surface area contributed by atoms with E-state index in [4.69, 9.17) is 5.26 Å². The minimum absolute atomic E-state index is 0.00311. The van der Waals surface area contributed by atoms with Crippen LogP contribution in [0.4, 0.5) is 5.82 Å². The van der Waals surface area contributed by atoms with E-state index in [-0.39, 0.29) is 24.4 Å². The average Bonchev–Trinajstić information content (AvgIpc) is 3.05. The van der Waals surface area contributed by atoms with Crippen molar-refractivity contribution in [2.24, 2.45) is 5.92 Å². The molecule has 1 aromatic carbocycles. The number of fused-ring (bicyclic) bond motifs is 1. The number of aromatic amines is 1. The number of benzene rings is 1. The molecule has 1 aliphatic heterocycles. The van der Waals surface area contributed by atoms with E-state index >= 15 is 0 Å². The van der Waals surface area contributed by atoms with Crippen molar-refractivity contribution in [1.29, 1.82) is 5.26 Å². The molecule has 3 N–H and O–H groups in total. The maximum atomic E-state index is 12.2. The van der Waals surface area contributed by atoms with Gasteiger partial charge >= 0.3 is 0 Å². The molecule has 1 amide bonds. The van der Waals surface area contributed by atoms with Crippen LogP contribution in [0.3, 0.4) is 0 Å². The quantitative estimate of drug-likeness (QED) is 0.753. The van der Waals surface area contributed by atoms with Gasteiger partial charge in [0.05, 0.1) is 24.2 Å². The Morgan fingerprint density at radius 3 is 2.85 bits per heavy atom. The van der Waals surface area contributed by atoms with Crippen LogP contribution in [0.15, 0.2) is 18.2 Å². The van der Waals surface area contributed by atoms with E-state index < -0.39 is 0 Å². The lowest BCUT2D eigenvalue weighted by molar-refractivity contribution is -0.121. The zero-order valence-electron chi connectivity index (χ0n) is 15.7. The number of nitrogens with zero attached hydrogens (tertiary/aromatic N) is 3. The van der Waals surface area contributed by atoms with Crippen molar-refractivity contribution >= 4 is 22.6 Å². The van der Waals surface area contributed by atoms with Crippen LogP contribution in [0, 0.1) is 24.2 Å². The molecule has 1 aromatic heterocycles. The summed E-state index contributed by atoms with van der Waals surface area (Å²) in [5.74, 6) is 0.955. The van der Waals surface area contributed by atoms with Crippen molar-refractivity contribution in [2.75, 3.05) is 25.0 Å². The van der Waals surface area contributed by atoms with E-state index in [0.717, 1.165) is 55.2 Å². The van der Waals surface area contributed by atoms with Crippen LogP contribution in [0.2, 0.25) is 0 Å². The molecule has 0 bridgehead atoms. The Morgan fingerprint density at radius 1 is 1.33 bits per heavy atom. The van der Waals surface area contributed by atoms with Gasteiger partial charge in [-0.1, -0.05) is 11.6 Å². The molecule has 0 spiro atoms. The molecule has 2 fully saturated rings. The number of anilines is 1. The maximum absolute atomic E-state index is 12.2. The van der Waals surface area contributed by atoms with E-state index in [1.54, 1.807) is 0 Å². The highest BCUT2D eigenvalue weighted by atomic mass is 16.2. The van der Waals surface area contributed by atoms with Crippen LogP contribution in [-0.4, -0.2) is 52.7 Å². The van der Waals surface area contributed by atoms with Gasteiger partial charge in [-0.3, -0.25) is 14.8 Å². The Balaban J connectivity index is 1.21. The molecule has 142 valence electrons. The molecule has 0 unspecified atom stereocenters. The lowest BCUT2D eigenvalue weighted by Gasteiger charge is -2.46. The molecule has 1 saturated heterocycles. The summed E-state index contributed by atoms with van der Waals surface area (Å²) in [6.45, 7) is 4.09. The van der Waals surface area contributed by atoms with Crippen LogP contribution >= 0.6 is 0 Å². The van der Waals surface area contributed by atoms with Crippen LogP contribution in [0.25, 0.3) is 10.9 Å². The van der Waals surface area contributed by atoms with Crippen molar-refractivity contribution in [1.82, 2.24) is 20.4 Å². The largest absolute Gasteiger partial charge is 0.359 e. The topological polar surface area (TPSA) is 96.8 Å². The van der Waals surface area contributed by atoms with Crippen LogP contribution in [-0.2, 0) is 4.79 Å². The van der Waals surface area contributed by atoms with Gasteiger partial charge in [0.1, 0.15) is 0 Å². The number of hydrogen-bond donors (Lipinski definition) is 3. The molecule has 7 nitrogen and oxygen atoms in total. The number of aryl methyl sites for hydroxylation is 1. The third-order valence-corrected chi connectivity index (χ3v) is 5.81. The van der Waals surface area contributed by atoms with E-state index in [2.05, 4.69) is 37.9 Å². The molecule has 2 heterocycles. The number of amides is 1. The van der Waals surface area contributed by atoms with Gasteiger partial charge in [0, 0.05) is 30.4 Å². The monoisotopic (exact) mass is 366 g/mol. The summed E-state index contributed by atoms with van der Waals surface area (Å²) < 4.78 is 0. The van der Waals surface area contributed by atoms with Crippen molar-refractivity contribution in [3.8, 4) is 6.07 Å². The second kappa shape index (κ2) is 7.57. The molecule has 2 aromatic rings. The summed E-state index contributed by atoms with van der Waals surface area (Å²) >= 11 is 0. The smallest absolute Gasteiger partial charge is 0.239 e. The van der Waals surface area contributed by atoms with Crippen LogP contribution in [0.5, 0.6) is 0 Å². The number of hydrogen-bond acceptors (Lipinski definition) is 5. The minimum atomic E-state index is -0.00311. The molecule has 0 atom stereocenters. The number of rotatable bonds is 5. The van der Waals surface area contributed by atoms with Gasteiger partial charge < -0.3 is 10.6 Å². The van der Waals surface area contributed by atoms with Crippen molar-refractivity contribution in [3.63, 3.8) is 0 Å². The number of nitrogens with one attached hydrogen (secondary N) is 3. The molecule has 2 aliphatic rings. The predicted octanol–water partition coefficient (Wildman–Crippen LogP) is 2.17. The van der Waals surface area contributed by atoms with Gasteiger partial charge in [0.15, 0.2) is 5.82 Å². The molecular formula is C20H26N6O. The fraction of sp³-hybridized carbons (Fsp3) is 0.550. The Morgan fingerprint density at radius 2 is 2.11 bits per heavy atom. The first-order chi connectivity index (χ1) is 13.1. The zero-order valence-corrected chi connectivity index (χ0v) is 15.7. The summed E-state index contributed by atoms with van der Waals surface area (Å²) in [5, 5.41) is 23.5. The minimum Gasteiger partial charge on any atom is -0.359 e. The molecule has 1 saturated carbocycles. The summed E-state index contributed by atoms with van der Waals surface area (Å²) in [7, 11) is 0. The van der Waals surface area contributed by atoms with E-state index in [9.17, 15) is 4.79 Å². The summed E-state index contributed by atoms with van der Waals surface area (Å²) in [4.78, 5) is 14.7. The summed E-state index contributed by atoms with van der Waals surface area (Å²) in [6, 6.07) is 9.28. The summed E-state index contributed by atoms with van der Waals surface area (Å²) in [5.41, 5.74) is 2.12. The van der Waals surface area contributed by atoms with E-state index in [1.807, 2.05) is 19.1 Å². The SMILES string of the molecule is Cc1ccc2[nH]nc(NCC(=O)NC3CN([C@H]4CC[C@@H](C#N)CC4)C3)c2c1. The lowest BCUT2D eigenvalue weighted by atomic mass is 9.85. The van der Waals surface area contributed by atoms with E-state index in [0.29, 0.717) is 11.9 Å². The van der Waals surface area contributed by atoms with Crippen molar-refractivity contribution in [2.45, 2.75) is 44.7 Å². The van der Waals surface area contributed by atoms with Gasteiger partial charge in [0.25, 0.3) is 0 Å². The Bertz CT molecular complexity index is 855. The molecule has 7 heteroatoms. The fourth-order valence-corrected chi connectivity index (χ4v) is 4.18. The second-order valence-corrected chi connectivity index (χ2v) is 7.83. The van der Waals surface area contributed by atoms with Gasteiger partial charge in [-0.05, 0) is 44.7 Å². The second-order valence-electron chi connectivity index (χ2n) is 7.83. The molecular weight excluding hydrogens is 340 g/mol. The standard InChI is InChI=1S/C20H26N6O/c1-13-2-7-18-17(8-13)20(25-24-18)22-10-19(27)23-15-11-26(12-15)16-5-3-14(9-21)4-6-16/h2,7-8,14-16H,3-6,10-12H2,1H3,(H,23,27)(H2,22,24,25)/t14-,16+. The van der Waals surface area contributed by atoms with Gasteiger partial charge in [-0.25, -0.2) is 0 Å². The average molecular weight is 366 g/mol. The third kappa shape index (κ3) is 3.91. The van der Waals surface area contributed by atoms with Gasteiger partial charge in [-0.2, -0.15) is 10.4 Å². The predicted molar refractivity (Wildman–Crippen MR) is 104 cm³/mol. The maximum Gasteiger partial charge on any atom is 0.239 e. The Kier molecular flexibility index (Phi) is 4.99. The fourth-order valence-electron chi connectivity index (χ4n) is 4.18.